The summed E-state index contributed by atoms with van der Waals surface area (Å²) in [6, 6.07) is 7.47. The third-order valence-corrected chi connectivity index (χ3v) is 4.31. The van der Waals surface area contributed by atoms with Crippen molar-refractivity contribution in [1.82, 2.24) is 20.9 Å². The molecular formula is C20H32IN5O3. The summed E-state index contributed by atoms with van der Waals surface area (Å²) < 4.78 is 5.32. The van der Waals surface area contributed by atoms with Crippen LogP contribution in [-0.4, -0.2) is 61.7 Å². The van der Waals surface area contributed by atoms with E-state index in [4.69, 9.17) is 4.74 Å². The minimum atomic E-state index is -0.507. The molecule has 2 rings (SSSR count). The van der Waals surface area contributed by atoms with Gasteiger partial charge in [0.05, 0.1) is 6.04 Å². The van der Waals surface area contributed by atoms with Crippen molar-refractivity contribution in [2.75, 3.05) is 27.2 Å². The first-order chi connectivity index (χ1) is 13.2. The van der Waals surface area contributed by atoms with Crippen molar-refractivity contribution < 1.29 is 14.3 Å². The molecule has 1 saturated heterocycles. The largest absolute Gasteiger partial charge is 0.444 e. The SMILES string of the molecule is CN=C(NCc1ccc(C(=O)NC)cc1)N1CCC(NC(=O)OC(C)(C)C)C1.I. The summed E-state index contributed by atoms with van der Waals surface area (Å²) >= 11 is 0. The summed E-state index contributed by atoms with van der Waals surface area (Å²) in [6.07, 6.45) is 0.444. The van der Waals surface area contributed by atoms with Gasteiger partial charge in [0.25, 0.3) is 5.91 Å². The Balaban J connectivity index is 0.00000420. The zero-order valence-electron chi connectivity index (χ0n) is 17.7. The fourth-order valence-corrected chi connectivity index (χ4v) is 2.98. The molecular weight excluding hydrogens is 485 g/mol. The minimum absolute atomic E-state index is 0. The van der Waals surface area contributed by atoms with Gasteiger partial charge in [0.15, 0.2) is 5.96 Å². The molecule has 0 aliphatic carbocycles. The molecule has 0 aromatic heterocycles. The highest BCUT2D eigenvalue weighted by Gasteiger charge is 2.27. The van der Waals surface area contributed by atoms with E-state index in [1.54, 1.807) is 26.2 Å². The lowest BCUT2D eigenvalue weighted by Crippen LogP contribution is -2.44. The van der Waals surface area contributed by atoms with Gasteiger partial charge < -0.3 is 25.6 Å². The highest BCUT2D eigenvalue weighted by molar-refractivity contribution is 14.0. The van der Waals surface area contributed by atoms with Crippen molar-refractivity contribution in [3.05, 3.63) is 35.4 Å². The van der Waals surface area contributed by atoms with Gasteiger partial charge in [-0.25, -0.2) is 4.79 Å². The highest BCUT2D eigenvalue weighted by Crippen LogP contribution is 2.12. The van der Waals surface area contributed by atoms with E-state index in [-0.39, 0.29) is 35.9 Å². The van der Waals surface area contributed by atoms with Crippen molar-refractivity contribution in [2.45, 2.75) is 45.4 Å². The van der Waals surface area contributed by atoms with Crippen LogP contribution in [0.3, 0.4) is 0 Å². The first kappa shape index (κ1) is 25.0. The summed E-state index contributed by atoms with van der Waals surface area (Å²) in [5.41, 5.74) is 1.18. The van der Waals surface area contributed by atoms with Gasteiger partial charge in [0.1, 0.15) is 5.60 Å². The van der Waals surface area contributed by atoms with Crippen LogP contribution in [0.4, 0.5) is 4.79 Å². The number of aliphatic imine (C=N–C) groups is 1. The van der Waals surface area contributed by atoms with Crippen LogP contribution >= 0.6 is 24.0 Å². The Bertz CT molecular complexity index is 716. The molecule has 1 aliphatic rings. The van der Waals surface area contributed by atoms with E-state index in [1.165, 1.54) is 0 Å². The second-order valence-corrected chi connectivity index (χ2v) is 7.75. The molecule has 29 heavy (non-hydrogen) atoms. The number of ether oxygens (including phenoxy) is 1. The second kappa shape index (κ2) is 11.2. The maximum atomic E-state index is 11.9. The normalized spacial score (nSPS) is 16.7. The number of amides is 2. The predicted molar refractivity (Wildman–Crippen MR) is 125 cm³/mol. The average Bonchev–Trinajstić information content (AvgIpc) is 3.08. The van der Waals surface area contributed by atoms with Crippen molar-refractivity contribution in [3.8, 4) is 0 Å². The van der Waals surface area contributed by atoms with E-state index in [1.807, 2.05) is 32.9 Å². The molecule has 0 bridgehead atoms. The van der Waals surface area contributed by atoms with Gasteiger partial charge in [-0.2, -0.15) is 0 Å². The second-order valence-electron chi connectivity index (χ2n) is 7.75. The molecule has 1 aromatic rings. The average molecular weight is 517 g/mol. The molecule has 1 atom stereocenters. The molecule has 0 spiro atoms. The molecule has 0 saturated carbocycles. The van der Waals surface area contributed by atoms with Crippen molar-refractivity contribution in [3.63, 3.8) is 0 Å². The summed E-state index contributed by atoms with van der Waals surface area (Å²) in [4.78, 5) is 30.0. The Hall–Kier alpha value is -2.04. The fraction of sp³-hybridized carbons (Fsp3) is 0.550. The van der Waals surface area contributed by atoms with E-state index in [9.17, 15) is 9.59 Å². The van der Waals surface area contributed by atoms with E-state index in [0.29, 0.717) is 18.7 Å². The molecule has 2 amide bonds. The molecule has 3 N–H and O–H groups in total. The molecule has 9 heteroatoms. The standard InChI is InChI=1S/C20H31N5O3.HI/c1-20(2,3)28-19(27)24-16-10-11-25(13-16)18(22-5)23-12-14-6-8-15(9-7-14)17(26)21-4;/h6-9,16H,10-13H2,1-5H3,(H,21,26)(H,22,23)(H,24,27);1H. The molecule has 1 fully saturated rings. The van der Waals surface area contributed by atoms with Gasteiger partial charge in [-0.1, -0.05) is 12.1 Å². The van der Waals surface area contributed by atoms with Gasteiger partial charge >= 0.3 is 6.09 Å². The van der Waals surface area contributed by atoms with E-state index < -0.39 is 11.7 Å². The van der Waals surface area contributed by atoms with E-state index >= 15 is 0 Å². The van der Waals surface area contributed by atoms with Crippen molar-refractivity contribution in [1.29, 1.82) is 0 Å². The van der Waals surface area contributed by atoms with Crippen LogP contribution in [0, 0.1) is 0 Å². The molecule has 1 heterocycles. The van der Waals surface area contributed by atoms with E-state index in [2.05, 4.69) is 25.8 Å². The van der Waals surface area contributed by atoms with Crippen LogP contribution in [-0.2, 0) is 11.3 Å². The third-order valence-electron chi connectivity index (χ3n) is 4.31. The van der Waals surface area contributed by atoms with E-state index in [0.717, 1.165) is 24.5 Å². The number of nitrogens with zero attached hydrogens (tertiary/aromatic N) is 2. The maximum Gasteiger partial charge on any atom is 0.407 e. The van der Waals surface area contributed by atoms with Crippen LogP contribution in [0.5, 0.6) is 0 Å². The number of hydrogen-bond donors (Lipinski definition) is 3. The molecule has 0 radical (unpaired) electrons. The zero-order chi connectivity index (χ0) is 20.7. The van der Waals surface area contributed by atoms with Gasteiger partial charge in [0.2, 0.25) is 0 Å². The monoisotopic (exact) mass is 517 g/mol. The smallest absolute Gasteiger partial charge is 0.407 e. The summed E-state index contributed by atoms with van der Waals surface area (Å²) in [5, 5.41) is 8.86. The van der Waals surface area contributed by atoms with Crippen LogP contribution in [0.1, 0.15) is 43.1 Å². The van der Waals surface area contributed by atoms with Crippen molar-refractivity contribution >= 4 is 41.9 Å². The summed E-state index contributed by atoms with van der Waals surface area (Å²) in [6.45, 7) is 7.62. The van der Waals surface area contributed by atoms with Crippen LogP contribution in [0.15, 0.2) is 29.3 Å². The Kier molecular flexibility index (Phi) is 9.67. The Morgan fingerprint density at radius 1 is 1.24 bits per heavy atom. The number of rotatable bonds is 4. The first-order valence-corrected chi connectivity index (χ1v) is 9.48. The Morgan fingerprint density at radius 2 is 1.90 bits per heavy atom. The Morgan fingerprint density at radius 3 is 2.45 bits per heavy atom. The molecule has 1 aliphatic heterocycles. The number of guanidine groups is 1. The summed E-state index contributed by atoms with van der Waals surface area (Å²) in [5.74, 6) is 0.680. The number of benzene rings is 1. The lowest BCUT2D eigenvalue weighted by Gasteiger charge is -2.23. The number of halogens is 1. The van der Waals surface area contributed by atoms with Crippen molar-refractivity contribution in [2.24, 2.45) is 4.99 Å². The number of likely N-dealkylation sites (tertiary alicyclic amines) is 1. The Labute approximate surface area is 189 Å². The predicted octanol–water partition coefficient (Wildman–Crippen LogP) is 2.34. The van der Waals surface area contributed by atoms with Crippen LogP contribution in [0.2, 0.25) is 0 Å². The van der Waals surface area contributed by atoms with Crippen LogP contribution < -0.4 is 16.0 Å². The van der Waals surface area contributed by atoms with Gasteiger partial charge in [-0.05, 0) is 44.9 Å². The number of alkyl carbamates (subject to hydrolysis) is 1. The maximum absolute atomic E-state index is 11.9. The number of carbonyl (C=O) groups excluding carboxylic acids is 2. The lowest BCUT2D eigenvalue weighted by atomic mass is 10.1. The van der Waals surface area contributed by atoms with Crippen LogP contribution in [0.25, 0.3) is 0 Å². The number of nitrogens with one attached hydrogen (secondary N) is 3. The molecule has 8 nitrogen and oxygen atoms in total. The number of carbonyl (C=O) groups is 2. The fourth-order valence-electron chi connectivity index (χ4n) is 2.98. The highest BCUT2D eigenvalue weighted by atomic mass is 127. The minimum Gasteiger partial charge on any atom is -0.444 e. The molecule has 162 valence electrons. The molecule has 1 unspecified atom stereocenters. The quantitative estimate of drug-likeness (QED) is 0.324. The topological polar surface area (TPSA) is 95.1 Å². The molecule has 1 aromatic carbocycles. The van der Waals surface area contributed by atoms with Gasteiger partial charge in [-0.15, -0.1) is 24.0 Å². The zero-order valence-corrected chi connectivity index (χ0v) is 20.1. The first-order valence-electron chi connectivity index (χ1n) is 9.48. The van der Waals surface area contributed by atoms with Gasteiger partial charge in [-0.3, -0.25) is 9.79 Å². The third kappa shape index (κ3) is 8.08. The summed E-state index contributed by atoms with van der Waals surface area (Å²) in [7, 11) is 3.36. The number of hydrogen-bond acceptors (Lipinski definition) is 4. The lowest BCUT2D eigenvalue weighted by molar-refractivity contribution is 0.0507. The van der Waals surface area contributed by atoms with Gasteiger partial charge in [0, 0.05) is 39.3 Å².